The smallest absolute Gasteiger partial charge is 0.324 e. The lowest BCUT2D eigenvalue weighted by atomic mass is 10.2. The first-order valence-electron chi connectivity index (χ1n) is 10.9. The van der Waals surface area contributed by atoms with Gasteiger partial charge < -0.3 is 5.32 Å². The molecule has 1 N–H and O–H groups in total. The van der Waals surface area contributed by atoms with Crippen molar-refractivity contribution in [1.29, 1.82) is 0 Å². The number of halogens is 5. The van der Waals surface area contributed by atoms with E-state index in [1.807, 2.05) is 0 Å². The number of aromatic nitrogens is 6. The molecule has 0 aliphatic heterocycles. The standard InChI is InChI=1S/C23H14Cl2F3N7O2/c1-33-9-12-3-20(15(25)5-19(12)32-33)30-21-31-22(36)35(14-4-13(24)7-29-8-14)23(37)34(21)10-11-2-17(27)18(28)6-16(11)26/h2-9H,10H2,1H3,(H,30,31,36)/i9D. The van der Waals surface area contributed by atoms with E-state index in [1.54, 1.807) is 7.05 Å². The maximum Gasteiger partial charge on any atom is 0.359 e. The summed E-state index contributed by atoms with van der Waals surface area (Å²) < 4.78 is 52.9. The Balaban J connectivity index is 1.71. The summed E-state index contributed by atoms with van der Waals surface area (Å²) in [6, 6.07) is 5.16. The van der Waals surface area contributed by atoms with Gasteiger partial charge in [0.1, 0.15) is 5.82 Å². The Labute approximate surface area is 216 Å². The van der Waals surface area contributed by atoms with Crippen LogP contribution in [-0.2, 0) is 13.6 Å². The van der Waals surface area contributed by atoms with E-state index in [1.165, 1.54) is 35.3 Å². The van der Waals surface area contributed by atoms with Gasteiger partial charge in [0.2, 0.25) is 5.95 Å². The number of hydrogen-bond donors (Lipinski definition) is 1. The first-order chi connectivity index (χ1) is 18.0. The SMILES string of the molecule is [2H]c1c2cc(Nc3nc(=O)n(-c4cncc(Cl)c4)c(=O)n3Cc3cc(F)c(F)cc3F)c(Cl)cc2nn1C. The molecule has 37 heavy (non-hydrogen) atoms. The van der Waals surface area contributed by atoms with E-state index in [9.17, 15) is 22.8 Å². The maximum absolute atomic E-state index is 14.5. The molecular weight excluding hydrogens is 534 g/mol. The summed E-state index contributed by atoms with van der Waals surface area (Å²) in [7, 11) is 1.57. The number of anilines is 2. The van der Waals surface area contributed by atoms with E-state index in [0.29, 0.717) is 27.6 Å². The van der Waals surface area contributed by atoms with E-state index in [2.05, 4.69) is 20.4 Å². The van der Waals surface area contributed by atoms with Gasteiger partial charge in [-0.15, -0.1) is 0 Å². The summed E-state index contributed by atoms with van der Waals surface area (Å²) in [6.07, 6.45) is 2.54. The molecule has 0 radical (unpaired) electrons. The third-order valence-electron chi connectivity index (χ3n) is 5.31. The zero-order valence-electron chi connectivity index (χ0n) is 19.6. The quantitative estimate of drug-likeness (QED) is 0.330. The predicted octanol–water partition coefficient (Wildman–Crippen LogP) is 4.19. The first kappa shape index (κ1) is 23.3. The largest absolute Gasteiger partial charge is 0.359 e. The molecule has 0 saturated heterocycles. The molecule has 2 aromatic carbocycles. The third-order valence-corrected chi connectivity index (χ3v) is 5.83. The number of hydrogen-bond acceptors (Lipinski definition) is 6. The van der Waals surface area contributed by atoms with Crippen molar-refractivity contribution >= 4 is 45.7 Å². The van der Waals surface area contributed by atoms with E-state index in [0.717, 1.165) is 4.57 Å². The second-order valence-corrected chi connectivity index (χ2v) is 8.69. The van der Waals surface area contributed by atoms with Gasteiger partial charge >= 0.3 is 11.4 Å². The summed E-state index contributed by atoms with van der Waals surface area (Å²) in [5.41, 5.74) is -1.91. The fourth-order valence-corrected chi connectivity index (χ4v) is 4.02. The molecule has 9 nitrogen and oxygen atoms in total. The van der Waals surface area contributed by atoms with Crippen molar-refractivity contribution in [3.05, 3.63) is 103 Å². The molecule has 5 aromatic rings. The minimum Gasteiger partial charge on any atom is -0.324 e. The lowest BCUT2D eigenvalue weighted by molar-refractivity contribution is 0.487. The fraction of sp³-hybridized carbons (Fsp3) is 0.0870. The van der Waals surface area contributed by atoms with Crippen molar-refractivity contribution in [2.75, 3.05) is 5.32 Å². The second kappa shape index (κ2) is 9.37. The van der Waals surface area contributed by atoms with Gasteiger partial charge in [0.15, 0.2) is 11.6 Å². The highest BCUT2D eigenvalue weighted by atomic mass is 35.5. The number of nitrogens with one attached hydrogen (secondary N) is 1. The summed E-state index contributed by atoms with van der Waals surface area (Å²) in [4.78, 5) is 34.3. The summed E-state index contributed by atoms with van der Waals surface area (Å²) in [6.45, 7) is -0.651. The number of fused-ring (bicyclic) bond motifs is 1. The molecule has 0 unspecified atom stereocenters. The number of nitrogens with zero attached hydrogens (tertiary/aromatic N) is 6. The van der Waals surface area contributed by atoms with E-state index in [-0.39, 0.29) is 33.5 Å². The Kier molecular flexibility index (Phi) is 5.89. The minimum absolute atomic E-state index is 0.0280. The Morgan fingerprint density at radius 2 is 1.78 bits per heavy atom. The zero-order chi connectivity index (χ0) is 27.3. The summed E-state index contributed by atoms with van der Waals surface area (Å²) in [5.74, 6) is -4.25. The van der Waals surface area contributed by atoms with Crippen LogP contribution in [0.15, 0.2) is 58.5 Å². The van der Waals surface area contributed by atoms with Gasteiger partial charge in [0, 0.05) is 36.4 Å². The van der Waals surface area contributed by atoms with Crippen molar-refractivity contribution < 1.29 is 14.5 Å². The summed E-state index contributed by atoms with van der Waals surface area (Å²) >= 11 is 12.3. The topological polar surface area (TPSA) is 99.6 Å². The van der Waals surface area contributed by atoms with Crippen LogP contribution in [0.25, 0.3) is 16.6 Å². The van der Waals surface area contributed by atoms with Crippen molar-refractivity contribution in [2.45, 2.75) is 6.54 Å². The third kappa shape index (κ3) is 4.68. The number of benzene rings is 2. The lowest BCUT2D eigenvalue weighted by Crippen LogP contribution is -2.42. The molecule has 3 aromatic heterocycles. The second-order valence-electron chi connectivity index (χ2n) is 7.85. The van der Waals surface area contributed by atoms with Gasteiger partial charge in [0.25, 0.3) is 0 Å². The van der Waals surface area contributed by atoms with Crippen LogP contribution in [0.4, 0.5) is 24.8 Å². The molecule has 0 aliphatic rings. The van der Waals surface area contributed by atoms with Crippen molar-refractivity contribution in [3.8, 4) is 5.69 Å². The molecule has 188 valence electrons. The molecule has 0 fully saturated rings. The Morgan fingerprint density at radius 3 is 2.54 bits per heavy atom. The van der Waals surface area contributed by atoms with Gasteiger partial charge in [-0.3, -0.25) is 14.2 Å². The highest BCUT2D eigenvalue weighted by molar-refractivity contribution is 6.34. The van der Waals surface area contributed by atoms with Crippen LogP contribution in [0.1, 0.15) is 6.93 Å². The zero-order valence-corrected chi connectivity index (χ0v) is 20.2. The molecule has 5 rings (SSSR count). The van der Waals surface area contributed by atoms with Crippen LogP contribution < -0.4 is 16.7 Å². The fourth-order valence-electron chi connectivity index (χ4n) is 3.64. The van der Waals surface area contributed by atoms with Gasteiger partial charge in [-0.1, -0.05) is 23.2 Å². The van der Waals surface area contributed by atoms with Crippen LogP contribution in [-0.4, -0.2) is 28.9 Å². The van der Waals surface area contributed by atoms with Crippen molar-refractivity contribution in [1.82, 2.24) is 28.9 Å². The van der Waals surface area contributed by atoms with E-state index in [4.69, 9.17) is 24.6 Å². The number of pyridine rings is 1. The predicted molar refractivity (Wildman–Crippen MR) is 131 cm³/mol. The minimum atomic E-state index is -1.41. The van der Waals surface area contributed by atoms with E-state index >= 15 is 0 Å². The highest BCUT2D eigenvalue weighted by Gasteiger charge is 2.19. The van der Waals surface area contributed by atoms with Gasteiger partial charge in [-0.2, -0.15) is 10.1 Å². The molecule has 14 heteroatoms. The molecule has 3 heterocycles. The first-order valence-corrected chi connectivity index (χ1v) is 11.2. The van der Waals surface area contributed by atoms with Crippen LogP contribution >= 0.6 is 23.2 Å². The van der Waals surface area contributed by atoms with Crippen LogP contribution in [0, 0.1) is 17.5 Å². The summed E-state index contributed by atoms with van der Waals surface area (Å²) in [5, 5.41) is 7.56. The molecule has 0 spiro atoms. The Hall–Kier alpha value is -4.16. The van der Waals surface area contributed by atoms with Crippen molar-refractivity contribution in [2.24, 2.45) is 7.05 Å². The van der Waals surface area contributed by atoms with E-state index < -0.39 is 40.9 Å². The maximum atomic E-state index is 14.5. The molecule has 0 amide bonds. The molecule has 0 saturated carbocycles. The Bertz CT molecular complexity index is 1870. The van der Waals surface area contributed by atoms with Crippen LogP contribution in [0.2, 0.25) is 10.0 Å². The van der Waals surface area contributed by atoms with Gasteiger partial charge in [-0.05, 0) is 24.3 Å². The lowest BCUT2D eigenvalue weighted by Gasteiger charge is -2.16. The highest BCUT2D eigenvalue weighted by Crippen LogP contribution is 2.29. The monoisotopic (exact) mass is 548 g/mol. The average Bonchev–Trinajstić information content (AvgIpc) is 3.12. The van der Waals surface area contributed by atoms with Gasteiger partial charge in [-0.25, -0.2) is 27.3 Å². The van der Waals surface area contributed by atoms with Gasteiger partial charge in [0.05, 0.1) is 41.0 Å². The molecule has 0 aliphatic carbocycles. The van der Waals surface area contributed by atoms with Crippen LogP contribution in [0.3, 0.4) is 0 Å². The Morgan fingerprint density at radius 1 is 1.03 bits per heavy atom. The van der Waals surface area contributed by atoms with Crippen LogP contribution in [0.5, 0.6) is 0 Å². The molecule has 0 bridgehead atoms. The average molecular weight is 549 g/mol. The van der Waals surface area contributed by atoms with Crippen molar-refractivity contribution in [3.63, 3.8) is 0 Å². The number of rotatable bonds is 5. The molecule has 0 atom stereocenters. The normalized spacial score (nSPS) is 11.7. The molecular formula is C23H14Cl2F3N7O2. The number of aryl methyl sites for hydroxylation is 1.